The van der Waals surface area contributed by atoms with E-state index in [0.717, 1.165) is 19.4 Å². The number of carbonyl (C=O) groups is 1. The number of hydrogen-bond acceptors (Lipinski definition) is 3. The number of carbonyl (C=O) groups excluding carboxylic acids is 1. The van der Waals surface area contributed by atoms with Crippen LogP contribution in [0.3, 0.4) is 0 Å². The molecule has 1 spiro atoms. The predicted molar refractivity (Wildman–Crippen MR) is 78.4 cm³/mol. The van der Waals surface area contributed by atoms with Gasteiger partial charge in [-0.2, -0.15) is 0 Å². The summed E-state index contributed by atoms with van der Waals surface area (Å²) in [6.45, 7) is 3.42. The molecular formula is C14H27ClN2O2. The molecule has 0 aliphatic heterocycles. The second-order valence-corrected chi connectivity index (χ2v) is 5.63. The smallest absolute Gasteiger partial charge is 0.220 e. The molecule has 2 saturated carbocycles. The van der Waals surface area contributed by atoms with Gasteiger partial charge in [0, 0.05) is 24.5 Å². The summed E-state index contributed by atoms with van der Waals surface area (Å²) >= 11 is 0. The van der Waals surface area contributed by atoms with E-state index in [0.29, 0.717) is 25.1 Å². The first-order valence-corrected chi connectivity index (χ1v) is 7.34. The Morgan fingerprint density at radius 2 is 2.11 bits per heavy atom. The largest absolute Gasteiger partial charge is 0.378 e. The fourth-order valence-electron chi connectivity index (χ4n) is 3.62. The van der Waals surface area contributed by atoms with Crippen LogP contribution in [0.15, 0.2) is 0 Å². The highest BCUT2D eigenvalue weighted by atomic mass is 35.5. The Hall–Kier alpha value is -0.320. The van der Waals surface area contributed by atoms with E-state index in [2.05, 4.69) is 12.2 Å². The predicted octanol–water partition coefficient (Wildman–Crippen LogP) is 2.00. The van der Waals surface area contributed by atoms with Crippen molar-refractivity contribution in [3.63, 3.8) is 0 Å². The number of nitrogens with two attached hydrogens (primary N) is 1. The maximum absolute atomic E-state index is 11.8. The van der Waals surface area contributed by atoms with Gasteiger partial charge >= 0.3 is 0 Å². The van der Waals surface area contributed by atoms with Crippen LogP contribution in [-0.2, 0) is 9.53 Å². The number of nitrogens with one attached hydrogen (secondary N) is 1. The summed E-state index contributed by atoms with van der Waals surface area (Å²) in [6.07, 6.45) is 7.66. The summed E-state index contributed by atoms with van der Waals surface area (Å²) in [7, 11) is 0. The lowest BCUT2D eigenvalue weighted by molar-refractivity contribution is -0.144. The van der Waals surface area contributed by atoms with Gasteiger partial charge in [0.2, 0.25) is 5.91 Å². The molecule has 2 unspecified atom stereocenters. The van der Waals surface area contributed by atoms with Gasteiger partial charge in [-0.3, -0.25) is 4.79 Å². The second-order valence-electron chi connectivity index (χ2n) is 5.63. The number of amides is 1. The number of ether oxygens (including phenoxy) is 1. The van der Waals surface area contributed by atoms with Crippen LogP contribution in [0.4, 0.5) is 0 Å². The Balaban J connectivity index is 0.00000180. The topological polar surface area (TPSA) is 64.3 Å². The molecule has 2 fully saturated rings. The third-order valence-electron chi connectivity index (χ3n) is 4.63. The van der Waals surface area contributed by atoms with Gasteiger partial charge < -0.3 is 15.8 Å². The summed E-state index contributed by atoms with van der Waals surface area (Å²) in [5, 5.41) is 3.20. The molecule has 2 aliphatic carbocycles. The van der Waals surface area contributed by atoms with E-state index in [4.69, 9.17) is 10.5 Å². The molecule has 4 nitrogen and oxygen atoms in total. The van der Waals surface area contributed by atoms with Crippen molar-refractivity contribution in [1.29, 1.82) is 0 Å². The van der Waals surface area contributed by atoms with Gasteiger partial charge in [0.15, 0.2) is 0 Å². The van der Waals surface area contributed by atoms with Crippen LogP contribution >= 0.6 is 12.4 Å². The molecule has 19 heavy (non-hydrogen) atoms. The number of rotatable bonds is 6. The van der Waals surface area contributed by atoms with Crippen molar-refractivity contribution < 1.29 is 9.53 Å². The van der Waals surface area contributed by atoms with Gasteiger partial charge in [-0.25, -0.2) is 0 Å². The third-order valence-corrected chi connectivity index (χ3v) is 4.63. The van der Waals surface area contributed by atoms with Crippen molar-refractivity contribution in [2.24, 2.45) is 11.1 Å². The standard InChI is InChI=1S/C14H26N2O2.ClH/c1-2-18-12-10-11(14(12)7-3-4-8-14)16-13(17)6-5-9-15;/h11-12H,2-10,15H2,1H3,(H,16,17);1H. The van der Waals surface area contributed by atoms with Crippen molar-refractivity contribution in [1.82, 2.24) is 5.32 Å². The van der Waals surface area contributed by atoms with E-state index >= 15 is 0 Å². The van der Waals surface area contributed by atoms with Gasteiger partial charge in [-0.15, -0.1) is 12.4 Å². The van der Waals surface area contributed by atoms with Gasteiger partial charge in [0.25, 0.3) is 0 Å². The van der Waals surface area contributed by atoms with Gasteiger partial charge in [0.1, 0.15) is 0 Å². The maximum atomic E-state index is 11.8. The average Bonchev–Trinajstić information content (AvgIpc) is 2.87. The SMILES string of the molecule is CCOC1CC(NC(=O)CCCN)C12CCCC2.Cl. The molecule has 0 radical (unpaired) electrons. The highest BCUT2D eigenvalue weighted by Crippen LogP contribution is 2.54. The zero-order valence-corrected chi connectivity index (χ0v) is 12.6. The number of hydrogen-bond donors (Lipinski definition) is 2. The zero-order chi connectivity index (χ0) is 13.0. The minimum Gasteiger partial charge on any atom is -0.378 e. The van der Waals surface area contributed by atoms with E-state index in [-0.39, 0.29) is 23.7 Å². The van der Waals surface area contributed by atoms with E-state index < -0.39 is 0 Å². The molecule has 0 saturated heterocycles. The van der Waals surface area contributed by atoms with Crippen molar-refractivity contribution in [2.45, 2.75) is 64.0 Å². The van der Waals surface area contributed by atoms with Crippen molar-refractivity contribution in [2.75, 3.05) is 13.2 Å². The van der Waals surface area contributed by atoms with Crippen LogP contribution in [0, 0.1) is 5.41 Å². The second kappa shape index (κ2) is 7.46. The van der Waals surface area contributed by atoms with Crippen molar-refractivity contribution in [3.05, 3.63) is 0 Å². The van der Waals surface area contributed by atoms with E-state index in [1.54, 1.807) is 0 Å². The van der Waals surface area contributed by atoms with Crippen LogP contribution < -0.4 is 11.1 Å². The number of halogens is 1. The summed E-state index contributed by atoms with van der Waals surface area (Å²) < 4.78 is 5.84. The Labute approximate surface area is 122 Å². The highest BCUT2D eigenvalue weighted by Gasteiger charge is 2.57. The van der Waals surface area contributed by atoms with E-state index in [9.17, 15) is 4.79 Å². The van der Waals surface area contributed by atoms with Gasteiger partial charge in [-0.05, 0) is 39.2 Å². The summed E-state index contributed by atoms with van der Waals surface area (Å²) in [6, 6.07) is 0.335. The van der Waals surface area contributed by atoms with Gasteiger partial charge in [0.05, 0.1) is 6.10 Å². The molecule has 5 heteroatoms. The van der Waals surface area contributed by atoms with Crippen molar-refractivity contribution in [3.8, 4) is 0 Å². The molecular weight excluding hydrogens is 264 g/mol. The molecule has 0 bridgehead atoms. The molecule has 0 aromatic heterocycles. The average molecular weight is 291 g/mol. The summed E-state index contributed by atoms with van der Waals surface area (Å²) in [5.74, 6) is 0.159. The molecule has 2 aliphatic rings. The first-order chi connectivity index (χ1) is 8.73. The lowest BCUT2D eigenvalue weighted by atomic mass is 9.60. The molecule has 112 valence electrons. The van der Waals surface area contributed by atoms with Crippen LogP contribution in [0.1, 0.15) is 51.9 Å². The highest BCUT2D eigenvalue weighted by molar-refractivity contribution is 5.85. The van der Waals surface area contributed by atoms with Crippen LogP contribution in [0.25, 0.3) is 0 Å². The first kappa shape index (κ1) is 16.7. The molecule has 0 aromatic carbocycles. The lowest BCUT2D eigenvalue weighted by Crippen LogP contribution is -2.63. The van der Waals surface area contributed by atoms with E-state index in [1.165, 1.54) is 25.7 Å². The maximum Gasteiger partial charge on any atom is 0.220 e. The fourth-order valence-corrected chi connectivity index (χ4v) is 3.62. The molecule has 1 amide bonds. The zero-order valence-electron chi connectivity index (χ0n) is 11.8. The monoisotopic (exact) mass is 290 g/mol. The first-order valence-electron chi connectivity index (χ1n) is 7.34. The molecule has 2 rings (SSSR count). The summed E-state index contributed by atoms with van der Waals surface area (Å²) in [4.78, 5) is 11.8. The Morgan fingerprint density at radius 1 is 1.42 bits per heavy atom. The van der Waals surface area contributed by atoms with E-state index in [1.807, 2.05) is 0 Å². The minimum atomic E-state index is 0. The molecule has 0 heterocycles. The molecule has 3 N–H and O–H groups in total. The fraction of sp³-hybridized carbons (Fsp3) is 0.929. The molecule has 0 aromatic rings. The third kappa shape index (κ3) is 3.41. The Morgan fingerprint density at radius 3 is 2.68 bits per heavy atom. The minimum absolute atomic E-state index is 0. The van der Waals surface area contributed by atoms with Crippen LogP contribution in [0.5, 0.6) is 0 Å². The quantitative estimate of drug-likeness (QED) is 0.786. The van der Waals surface area contributed by atoms with Crippen molar-refractivity contribution >= 4 is 18.3 Å². The van der Waals surface area contributed by atoms with Crippen LogP contribution in [-0.4, -0.2) is 31.2 Å². The van der Waals surface area contributed by atoms with Crippen LogP contribution in [0.2, 0.25) is 0 Å². The summed E-state index contributed by atoms with van der Waals surface area (Å²) in [5.41, 5.74) is 5.68. The molecule has 2 atom stereocenters. The normalized spacial score (nSPS) is 27.7. The van der Waals surface area contributed by atoms with Gasteiger partial charge in [-0.1, -0.05) is 12.8 Å². The lowest BCUT2D eigenvalue weighted by Gasteiger charge is -2.54. The Bertz CT molecular complexity index is 293. The Kier molecular flexibility index (Phi) is 6.57.